The predicted octanol–water partition coefficient (Wildman–Crippen LogP) is 2.75. The van der Waals surface area contributed by atoms with E-state index in [9.17, 15) is 47.9 Å². The molecule has 0 fully saturated rings. The zero-order valence-corrected chi connectivity index (χ0v) is 8.80. The molecule has 1 N–H and O–H groups in total. The molecule has 0 aromatic carbocycles. The molecule has 19 heavy (non-hydrogen) atoms. The van der Waals surface area contributed by atoms with E-state index in [1.807, 2.05) is 0 Å². The Kier molecular flexibility index (Phi) is 4.57. The first kappa shape index (κ1) is 18.0. The second kappa shape index (κ2) is 4.82. The zero-order chi connectivity index (χ0) is 15.9. The van der Waals surface area contributed by atoms with E-state index in [-0.39, 0.29) is 0 Å². The second-order valence-corrected chi connectivity index (χ2v) is 4.16. The molecule has 0 unspecified atom stereocenters. The van der Waals surface area contributed by atoms with Crippen LogP contribution in [0.15, 0.2) is 11.9 Å². The van der Waals surface area contributed by atoms with Gasteiger partial charge in [0, 0.05) is 0 Å². The Labute approximate surface area is 97.7 Å². The molecule has 0 spiro atoms. The number of halogens is 9. The van der Waals surface area contributed by atoms with Crippen molar-refractivity contribution >= 4 is 10.1 Å². The van der Waals surface area contributed by atoms with Crippen molar-refractivity contribution in [1.29, 1.82) is 0 Å². The van der Waals surface area contributed by atoms with Crippen molar-refractivity contribution in [2.24, 2.45) is 0 Å². The number of hydrogen-bond acceptors (Lipinski definition) is 3. The minimum absolute atomic E-state index is 1.77. The van der Waals surface area contributed by atoms with Gasteiger partial charge in [0.1, 0.15) is 0 Å². The lowest BCUT2D eigenvalue weighted by Crippen LogP contribution is -2.51. The van der Waals surface area contributed by atoms with Crippen LogP contribution in [-0.4, -0.2) is 30.4 Å². The lowest BCUT2D eigenvalue weighted by atomic mass is 10.5. The van der Waals surface area contributed by atoms with E-state index >= 15 is 0 Å². The standard InChI is InChI=1S/C5HF9O4S/c6-1(2(7)8)3(9,10)18-4(11,12)5(13,14)19(15,16)17/h(H,15,16,17). The van der Waals surface area contributed by atoms with Gasteiger partial charge in [-0.15, -0.1) is 0 Å². The van der Waals surface area contributed by atoms with Gasteiger partial charge in [0.05, 0.1) is 0 Å². The van der Waals surface area contributed by atoms with Gasteiger partial charge in [-0.25, -0.2) is 4.74 Å². The van der Waals surface area contributed by atoms with E-state index in [4.69, 9.17) is 4.55 Å². The van der Waals surface area contributed by atoms with Crippen molar-refractivity contribution in [3.8, 4) is 0 Å². The summed E-state index contributed by atoms with van der Waals surface area (Å²) in [5.41, 5.74) is 0. The summed E-state index contributed by atoms with van der Waals surface area (Å²) in [6, 6.07) is 0. The number of alkyl halides is 6. The summed E-state index contributed by atoms with van der Waals surface area (Å²) in [6.07, 6.45) is -16.8. The molecule has 0 aliphatic rings. The van der Waals surface area contributed by atoms with Crippen molar-refractivity contribution in [1.82, 2.24) is 0 Å². The highest BCUT2D eigenvalue weighted by Gasteiger charge is 2.71. The third kappa shape index (κ3) is 3.50. The van der Waals surface area contributed by atoms with Crippen LogP contribution in [0.25, 0.3) is 0 Å². The first-order chi connectivity index (χ1) is 8.06. The lowest BCUT2D eigenvalue weighted by molar-refractivity contribution is -0.406. The molecule has 0 radical (unpaired) electrons. The second-order valence-electron chi connectivity index (χ2n) is 2.70. The average Bonchev–Trinajstić information content (AvgIpc) is 2.12. The van der Waals surface area contributed by atoms with Gasteiger partial charge in [-0.1, -0.05) is 0 Å². The molecule has 14 heteroatoms. The highest BCUT2D eigenvalue weighted by Crippen LogP contribution is 2.44. The molecule has 0 aliphatic heterocycles. The van der Waals surface area contributed by atoms with Gasteiger partial charge < -0.3 is 0 Å². The average molecular weight is 328 g/mol. The number of hydrogen-bond donors (Lipinski definition) is 1. The van der Waals surface area contributed by atoms with E-state index < -0.39 is 39.5 Å². The Morgan fingerprint density at radius 3 is 1.58 bits per heavy atom. The Morgan fingerprint density at radius 1 is 0.947 bits per heavy atom. The summed E-state index contributed by atoms with van der Waals surface area (Å²) in [5.74, 6) is -3.93. The van der Waals surface area contributed by atoms with Crippen LogP contribution in [0.2, 0.25) is 0 Å². The molecule has 4 nitrogen and oxygen atoms in total. The van der Waals surface area contributed by atoms with Crippen LogP contribution in [0.5, 0.6) is 0 Å². The van der Waals surface area contributed by atoms with Gasteiger partial charge in [-0.05, 0) is 0 Å². The van der Waals surface area contributed by atoms with Gasteiger partial charge >= 0.3 is 33.7 Å². The molecule has 0 aliphatic carbocycles. The van der Waals surface area contributed by atoms with Crippen LogP contribution in [-0.2, 0) is 14.9 Å². The van der Waals surface area contributed by atoms with Crippen molar-refractivity contribution < 1.29 is 57.2 Å². The summed E-state index contributed by atoms with van der Waals surface area (Å²) in [7, 11) is -6.95. The van der Waals surface area contributed by atoms with E-state index in [2.05, 4.69) is 0 Å². The Bertz CT molecular complexity index is 477. The topological polar surface area (TPSA) is 63.6 Å². The molecule has 0 atom stereocenters. The SMILES string of the molecule is O=S(=O)(O)C(F)(F)C(F)(F)OC(F)(F)C(F)=C(F)F. The molecule has 0 rings (SSSR count). The largest absolute Gasteiger partial charge is 0.460 e. The third-order valence-corrected chi connectivity index (χ3v) is 2.23. The number of ether oxygens (including phenoxy) is 1. The molecular weight excluding hydrogens is 327 g/mol. The molecule has 0 amide bonds. The maximum absolute atomic E-state index is 12.4. The minimum Gasteiger partial charge on any atom is -0.281 e. The third-order valence-electron chi connectivity index (χ3n) is 1.34. The van der Waals surface area contributed by atoms with Gasteiger partial charge in [0.25, 0.3) is 5.83 Å². The van der Waals surface area contributed by atoms with Crippen LogP contribution < -0.4 is 0 Å². The quantitative estimate of drug-likeness (QED) is 0.623. The molecular formula is C5HF9O4S. The Hall–Kier alpha value is -1.02. The maximum atomic E-state index is 12.4. The first-order valence-corrected chi connectivity index (χ1v) is 5.02. The molecule has 0 aromatic heterocycles. The first-order valence-electron chi connectivity index (χ1n) is 3.58. The minimum atomic E-state index is -6.95. The van der Waals surface area contributed by atoms with Crippen LogP contribution in [0, 0.1) is 0 Å². The Balaban J connectivity index is 5.58. The summed E-state index contributed by atoms with van der Waals surface area (Å²) < 4.78 is 138. The molecule has 0 saturated carbocycles. The normalized spacial score (nSPS) is 14.4. The van der Waals surface area contributed by atoms with Gasteiger partial charge in [-0.3, -0.25) is 4.55 Å². The monoisotopic (exact) mass is 328 g/mol. The summed E-state index contributed by atoms with van der Waals surface area (Å²) in [6.45, 7) is 0. The highest BCUT2D eigenvalue weighted by atomic mass is 32.2. The predicted molar refractivity (Wildman–Crippen MR) is 37.8 cm³/mol. The van der Waals surface area contributed by atoms with Gasteiger partial charge in [-0.2, -0.15) is 47.9 Å². The smallest absolute Gasteiger partial charge is 0.281 e. The molecule has 0 saturated heterocycles. The summed E-state index contributed by atoms with van der Waals surface area (Å²) in [5, 5.41) is -6.63. The fourth-order valence-corrected chi connectivity index (χ4v) is 0.867. The van der Waals surface area contributed by atoms with Crippen molar-refractivity contribution in [3.05, 3.63) is 11.9 Å². The van der Waals surface area contributed by atoms with Crippen molar-refractivity contribution in [3.63, 3.8) is 0 Å². The van der Waals surface area contributed by atoms with Crippen LogP contribution in [0.3, 0.4) is 0 Å². The van der Waals surface area contributed by atoms with Crippen molar-refractivity contribution in [2.45, 2.75) is 17.5 Å². The lowest BCUT2D eigenvalue weighted by Gasteiger charge is -2.26. The van der Waals surface area contributed by atoms with E-state index in [0.717, 1.165) is 0 Å². The van der Waals surface area contributed by atoms with Crippen molar-refractivity contribution in [2.75, 3.05) is 0 Å². The number of rotatable bonds is 5. The van der Waals surface area contributed by atoms with E-state index in [0.29, 0.717) is 0 Å². The van der Waals surface area contributed by atoms with Gasteiger partial charge in [0.15, 0.2) is 0 Å². The highest BCUT2D eigenvalue weighted by molar-refractivity contribution is 7.86. The Morgan fingerprint density at radius 2 is 1.32 bits per heavy atom. The zero-order valence-electron chi connectivity index (χ0n) is 7.98. The summed E-state index contributed by atoms with van der Waals surface area (Å²) in [4.78, 5) is 0. The van der Waals surface area contributed by atoms with E-state index in [1.165, 1.54) is 0 Å². The van der Waals surface area contributed by atoms with Crippen LogP contribution in [0.1, 0.15) is 0 Å². The maximum Gasteiger partial charge on any atom is 0.460 e. The molecule has 0 heterocycles. The fraction of sp³-hybridized carbons (Fsp3) is 0.600. The summed E-state index contributed by atoms with van der Waals surface area (Å²) >= 11 is 0. The molecule has 0 bridgehead atoms. The fourth-order valence-electron chi connectivity index (χ4n) is 0.525. The van der Waals surface area contributed by atoms with Crippen LogP contribution in [0.4, 0.5) is 39.5 Å². The molecule has 0 aromatic rings. The van der Waals surface area contributed by atoms with Crippen LogP contribution >= 0.6 is 0 Å². The van der Waals surface area contributed by atoms with Gasteiger partial charge in [0.2, 0.25) is 0 Å². The van der Waals surface area contributed by atoms with E-state index in [1.54, 1.807) is 4.74 Å². The molecule has 114 valence electrons.